The zero-order valence-corrected chi connectivity index (χ0v) is 19.6. The fourth-order valence-electron chi connectivity index (χ4n) is 4.73. The van der Waals surface area contributed by atoms with Gasteiger partial charge in [0.25, 0.3) is 0 Å². The molecule has 0 heterocycles. The summed E-state index contributed by atoms with van der Waals surface area (Å²) in [6.45, 7) is 11.1. The third-order valence-corrected chi connectivity index (χ3v) is 8.69. The lowest BCUT2D eigenvalue weighted by Gasteiger charge is -2.42. The van der Waals surface area contributed by atoms with Crippen LogP contribution in [0.2, 0.25) is 0 Å². The number of sulfone groups is 1. The minimum Gasteiger partial charge on any atom is -0.224 e. The van der Waals surface area contributed by atoms with Crippen LogP contribution in [-0.2, 0) is 27.1 Å². The van der Waals surface area contributed by atoms with E-state index in [1.807, 2.05) is 18.2 Å². The Morgan fingerprint density at radius 2 is 1.60 bits per heavy atom. The molecule has 2 aliphatic rings. The van der Waals surface area contributed by atoms with Gasteiger partial charge in [0.05, 0.1) is 10.6 Å². The third-order valence-electron chi connectivity index (χ3n) is 6.96. The Morgan fingerprint density at radius 3 is 2.30 bits per heavy atom. The van der Waals surface area contributed by atoms with Crippen LogP contribution in [0.4, 0.5) is 0 Å². The number of fused-ring (bicyclic) bond motifs is 2. The summed E-state index contributed by atoms with van der Waals surface area (Å²) in [5.74, 6) is 0.131. The smallest absolute Gasteiger partial charge is 0.178 e. The molecule has 158 valence electrons. The number of benzene rings is 2. The molecule has 0 aromatic heterocycles. The zero-order valence-electron chi connectivity index (χ0n) is 18.7. The maximum atomic E-state index is 12.2. The predicted molar refractivity (Wildman–Crippen MR) is 127 cm³/mol. The van der Waals surface area contributed by atoms with Crippen molar-refractivity contribution in [1.29, 1.82) is 0 Å². The molecule has 30 heavy (non-hydrogen) atoms. The maximum absolute atomic E-state index is 12.2. The van der Waals surface area contributed by atoms with Gasteiger partial charge in [-0.3, -0.25) is 0 Å². The van der Waals surface area contributed by atoms with E-state index in [2.05, 4.69) is 58.0 Å². The van der Waals surface area contributed by atoms with Crippen LogP contribution in [-0.4, -0.2) is 14.2 Å². The van der Waals surface area contributed by atoms with E-state index in [1.165, 1.54) is 40.7 Å². The van der Waals surface area contributed by atoms with E-state index in [0.717, 1.165) is 12.0 Å². The van der Waals surface area contributed by atoms with Gasteiger partial charge in [0, 0.05) is 0 Å². The Labute approximate surface area is 181 Å². The summed E-state index contributed by atoms with van der Waals surface area (Å²) in [7, 11) is -3.17. The minimum absolute atomic E-state index is 0.131. The minimum atomic E-state index is -3.17. The summed E-state index contributed by atoms with van der Waals surface area (Å²) in [6.07, 6.45) is 9.70. The van der Waals surface area contributed by atoms with Crippen LogP contribution >= 0.6 is 0 Å². The second kappa shape index (κ2) is 7.23. The first-order valence-electron chi connectivity index (χ1n) is 10.9. The third kappa shape index (κ3) is 3.80. The van der Waals surface area contributed by atoms with Crippen LogP contribution in [0.1, 0.15) is 75.3 Å². The van der Waals surface area contributed by atoms with Gasteiger partial charge < -0.3 is 0 Å². The molecule has 2 aliphatic carbocycles. The molecule has 0 unspecified atom stereocenters. The van der Waals surface area contributed by atoms with Crippen molar-refractivity contribution in [3.05, 3.63) is 75.9 Å². The van der Waals surface area contributed by atoms with Crippen LogP contribution in [0, 0.1) is 0 Å². The Hall–Kier alpha value is -2.13. The highest BCUT2D eigenvalue weighted by atomic mass is 32.2. The zero-order chi connectivity index (χ0) is 21.7. The second-order valence-corrected chi connectivity index (χ2v) is 12.3. The molecule has 3 heteroatoms. The SMILES string of the molecule is CCS(=O)(=O)c1ccc2c(c1)C=CC(=Cc1ccc3c(c1)C(C)(C)CCC3(C)C)C2. The van der Waals surface area contributed by atoms with Crippen molar-refractivity contribution in [3.8, 4) is 0 Å². The van der Waals surface area contributed by atoms with Crippen LogP contribution in [0.5, 0.6) is 0 Å². The standard InChI is InChI=1S/C27H32O2S/c1-6-30(28,29)23-11-10-21-16-19(7-9-22(21)18-23)15-20-8-12-24-25(17-20)27(4,5)14-13-26(24,2)3/h7-12,15,17-18H,6,13-14,16H2,1-5H3. The number of hydrogen-bond acceptors (Lipinski definition) is 2. The van der Waals surface area contributed by atoms with Crippen molar-refractivity contribution in [3.63, 3.8) is 0 Å². The largest absolute Gasteiger partial charge is 0.224 e. The topological polar surface area (TPSA) is 34.1 Å². The van der Waals surface area contributed by atoms with Crippen LogP contribution in [0.25, 0.3) is 12.2 Å². The summed E-state index contributed by atoms with van der Waals surface area (Å²) < 4.78 is 24.3. The molecule has 0 atom stereocenters. The molecule has 0 N–H and O–H groups in total. The van der Waals surface area contributed by atoms with Gasteiger partial charge in [-0.2, -0.15) is 0 Å². The molecule has 0 saturated carbocycles. The Bertz CT molecular complexity index is 1160. The van der Waals surface area contributed by atoms with Gasteiger partial charge in [-0.25, -0.2) is 8.42 Å². The van der Waals surface area contributed by atoms with Crippen molar-refractivity contribution < 1.29 is 8.42 Å². The lowest BCUT2D eigenvalue weighted by Crippen LogP contribution is -2.33. The van der Waals surface area contributed by atoms with E-state index < -0.39 is 9.84 Å². The first-order valence-corrected chi connectivity index (χ1v) is 12.6. The molecule has 0 saturated heterocycles. The fraction of sp³-hybridized carbons (Fsp3) is 0.407. The van der Waals surface area contributed by atoms with Crippen molar-refractivity contribution in [2.24, 2.45) is 0 Å². The van der Waals surface area contributed by atoms with Crippen LogP contribution < -0.4 is 0 Å². The quantitative estimate of drug-likeness (QED) is 0.569. The molecule has 0 aliphatic heterocycles. The first kappa shape index (κ1) is 21.1. The van der Waals surface area contributed by atoms with Crippen molar-refractivity contribution in [1.82, 2.24) is 0 Å². The summed E-state index contributed by atoms with van der Waals surface area (Å²) in [6, 6.07) is 12.5. The summed E-state index contributed by atoms with van der Waals surface area (Å²) in [4.78, 5) is 0.417. The van der Waals surface area contributed by atoms with Gasteiger partial charge in [0.15, 0.2) is 9.84 Å². The van der Waals surface area contributed by atoms with E-state index in [-0.39, 0.29) is 16.6 Å². The maximum Gasteiger partial charge on any atom is 0.178 e. The number of hydrogen-bond donors (Lipinski definition) is 0. The molecular weight excluding hydrogens is 388 g/mol. The van der Waals surface area contributed by atoms with Gasteiger partial charge in [-0.15, -0.1) is 0 Å². The summed E-state index contributed by atoms with van der Waals surface area (Å²) >= 11 is 0. The molecule has 0 radical (unpaired) electrons. The molecule has 0 amide bonds. The second-order valence-electron chi connectivity index (χ2n) is 10.1. The van der Waals surface area contributed by atoms with Crippen molar-refractivity contribution in [2.75, 3.05) is 5.75 Å². The average molecular weight is 421 g/mol. The Balaban J connectivity index is 1.66. The van der Waals surface area contributed by atoms with E-state index in [1.54, 1.807) is 13.0 Å². The van der Waals surface area contributed by atoms with E-state index in [4.69, 9.17) is 0 Å². The fourth-order valence-corrected chi connectivity index (χ4v) is 5.65. The van der Waals surface area contributed by atoms with Gasteiger partial charge in [0.2, 0.25) is 0 Å². The molecule has 2 nitrogen and oxygen atoms in total. The average Bonchev–Trinajstić information content (AvgIpc) is 2.71. The summed E-state index contributed by atoms with van der Waals surface area (Å²) in [5.41, 5.74) is 8.08. The monoisotopic (exact) mass is 420 g/mol. The normalized spacial score (nSPS) is 20.6. The van der Waals surface area contributed by atoms with E-state index in [0.29, 0.717) is 4.90 Å². The van der Waals surface area contributed by atoms with Crippen LogP contribution in [0.15, 0.2) is 52.9 Å². The molecule has 2 aromatic carbocycles. The molecule has 0 fully saturated rings. The van der Waals surface area contributed by atoms with Crippen molar-refractivity contribution >= 4 is 22.0 Å². The highest BCUT2D eigenvalue weighted by Gasteiger charge is 2.36. The van der Waals surface area contributed by atoms with E-state index in [9.17, 15) is 8.42 Å². The first-order chi connectivity index (χ1) is 14.0. The molecule has 0 spiro atoms. The number of allylic oxidation sites excluding steroid dienone is 2. The molecule has 4 rings (SSSR count). The lowest BCUT2D eigenvalue weighted by molar-refractivity contribution is 0.332. The van der Waals surface area contributed by atoms with Crippen LogP contribution in [0.3, 0.4) is 0 Å². The molecule has 2 aromatic rings. The number of rotatable bonds is 3. The van der Waals surface area contributed by atoms with Crippen molar-refractivity contribution in [2.45, 2.75) is 69.6 Å². The van der Waals surface area contributed by atoms with Gasteiger partial charge >= 0.3 is 0 Å². The van der Waals surface area contributed by atoms with Gasteiger partial charge in [0.1, 0.15) is 0 Å². The summed E-state index contributed by atoms with van der Waals surface area (Å²) in [5, 5.41) is 0. The Kier molecular flexibility index (Phi) is 5.09. The molecular formula is C27H32O2S. The molecule has 0 bridgehead atoms. The van der Waals surface area contributed by atoms with E-state index >= 15 is 0 Å². The van der Waals surface area contributed by atoms with Gasteiger partial charge in [-0.05, 0) is 75.6 Å². The highest BCUT2D eigenvalue weighted by Crippen LogP contribution is 2.46. The lowest BCUT2D eigenvalue weighted by atomic mass is 9.63. The highest BCUT2D eigenvalue weighted by molar-refractivity contribution is 7.91. The van der Waals surface area contributed by atoms with Gasteiger partial charge in [-0.1, -0.05) is 77.1 Å². The predicted octanol–water partition coefficient (Wildman–Crippen LogP) is 6.48. The Morgan fingerprint density at radius 1 is 0.900 bits per heavy atom.